The second-order valence-corrected chi connectivity index (χ2v) is 6.52. The van der Waals surface area contributed by atoms with Gasteiger partial charge < -0.3 is 20.7 Å². The number of carbonyl (C=O) groups excluding carboxylic acids is 2. The molecule has 3 atom stereocenters. The Hall–Kier alpha value is -1.92. The van der Waals surface area contributed by atoms with Crippen LogP contribution in [0.5, 0.6) is 0 Å². The Balaban J connectivity index is 1.46. The molecule has 3 N–H and O–H groups in total. The van der Waals surface area contributed by atoms with Crippen molar-refractivity contribution in [2.75, 3.05) is 13.2 Å². The molecule has 1 saturated heterocycles. The van der Waals surface area contributed by atoms with Gasteiger partial charge in [-0.15, -0.1) is 0 Å². The topological polar surface area (TPSA) is 79.5 Å². The van der Waals surface area contributed by atoms with E-state index >= 15 is 0 Å². The van der Waals surface area contributed by atoms with Crippen molar-refractivity contribution in [2.45, 2.75) is 50.9 Å². The SMILES string of the molecule is C[C@@H](NC(=O)[C@@H]1Cc2ccccc2CN1)C(=O)NC[C@@H]1CCCO1. The first-order valence-corrected chi connectivity index (χ1v) is 8.63. The molecule has 24 heavy (non-hydrogen) atoms. The minimum Gasteiger partial charge on any atom is -0.376 e. The minimum atomic E-state index is -0.558. The van der Waals surface area contributed by atoms with Crippen LogP contribution in [0.3, 0.4) is 0 Å². The van der Waals surface area contributed by atoms with Crippen LogP contribution in [0.25, 0.3) is 0 Å². The van der Waals surface area contributed by atoms with Gasteiger partial charge in [-0.2, -0.15) is 0 Å². The van der Waals surface area contributed by atoms with Crippen molar-refractivity contribution < 1.29 is 14.3 Å². The zero-order valence-corrected chi connectivity index (χ0v) is 14.0. The van der Waals surface area contributed by atoms with Crippen molar-refractivity contribution in [3.8, 4) is 0 Å². The van der Waals surface area contributed by atoms with E-state index in [1.54, 1.807) is 6.92 Å². The summed E-state index contributed by atoms with van der Waals surface area (Å²) >= 11 is 0. The molecule has 2 aliphatic rings. The maximum absolute atomic E-state index is 12.4. The second-order valence-electron chi connectivity index (χ2n) is 6.52. The lowest BCUT2D eigenvalue weighted by molar-refractivity contribution is -0.130. The van der Waals surface area contributed by atoms with Gasteiger partial charge in [0.15, 0.2) is 0 Å². The predicted molar refractivity (Wildman–Crippen MR) is 90.4 cm³/mol. The van der Waals surface area contributed by atoms with Crippen molar-refractivity contribution in [1.29, 1.82) is 0 Å². The molecule has 3 rings (SSSR count). The molecule has 130 valence electrons. The second kappa shape index (κ2) is 7.77. The number of hydrogen-bond donors (Lipinski definition) is 3. The fraction of sp³-hybridized carbons (Fsp3) is 0.556. The highest BCUT2D eigenvalue weighted by molar-refractivity contribution is 5.89. The summed E-state index contributed by atoms with van der Waals surface area (Å²) in [6.45, 7) is 3.66. The van der Waals surface area contributed by atoms with Crippen LogP contribution in [0.4, 0.5) is 0 Å². The Bertz CT molecular complexity index is 599. The van der Waals surface area contributed by atoms with Gasteiger partial charge >= 0.3 is 0 Å². The highest BCUT2D eigenvalue weighted by Gasteiger charge is 2.26. The van der Waals surface area contributed by atoms with Crippen LogP contribution in [0.1, 0.15) is 30.9 Å². The average Bonchev–Trinajstić information content (AvgIpc) is 3.12. The Morgan fingerprint density at radius 2 is 2.12 bits per heavy atom. The Labute approximate surface area is 142 Å². The largest absolute Gasteiger partial charge is 0.376 e. The molecule has 1 aromatic rings. The lowest BCUT2D eigenvalue weighted by Crippen LogP contribution is -2.53. The van der Waals surface area contributed by atoms with Crippen molar-refractivity contribution >= 4 is 11.8 Å². The number of ether oxygens (including phenoxy) is 1. The van der Waals surface area contributed by atoms with Crippen LogP contribution >= 0.6 is 0 Å². The van der Waals surface area contributed by atoms with Crippen molar-refractivity contribution in [1.82, 2.24) is 16.0 Å². The number of fused-ring (bicyclic) bond motifs is 1. The standard InChI is InChI=1S/C18H25N3O3/c1-12(17(22)20-11-15-7-4-8-24-15)21-18(23)16-9-13-5-2-3-6-14(13)10-19-16/h2-3,5-6,12,15-16,19H,4,7-11H2,1H3,(H,20,22)(H,21,23)/t12-,15+,16+/m1/s1. The summed E-state index contributed by atoms with van der Waals surface area (Å²) < 4.78 is 5.48. The molecule has 0 radical (unpaired) electrons. The van der Waals surface area contributed by atoms with Gasteiger partial charge in [0, 0.05) is 19.7 Å². The van der Waals surface area contributed by atoms with E-state index in [1.807, 2.05) is 18.2 Å². The molecule has 0 saturated carbocycles. The highest BCUT2D eigenvalue weighted by atomic mass is 16.5. The summed E-state index contributed by atoms with van der Waals surface area (Å²) in [7, 11) is 0. The van der Waals surface area contributed by atoms with Gasteiger partial charge in [0.05, 0.1) is 12.1 Å². The van der Waals surface area contributed by atoms with Gasteiger partial charge in [0.25, 0.3) is 0 Å². The van der Waals surface area contributed by atoms with E-state index in [2.05, 4.69) is 22.0 Å². The molecule has 0 bridgehead atoms. The maximum Gasteiger partial charge on any atom is 0.242 e. The monoisotopic (exact) mass is 331 g/mol. The molecule has 1 fully saturated rings. The summed E-state index contributed by atoms with van der Waals surface area (Å²) in [5.41, 5.74) is 2.41. The van der Waals surface area contributed by atoms with Crippen LogP contribution < -0.4 is 16.0 Å². The van der Waals surface area contributed by atoms with Gasteiger partial charge in [-0.3, -0.25) is 9.59 Å². The molecular weight excluding hydrogens is 306 g/mol. The lowest BCUT2D eigenvalue weighted by Gasteiger charge is -2.26. The third-order valence-corrected chi connectivity index (χ3v) is 4.68. The molecular formula is C18H25N3O3. The quantitative estimate of drug-likeness (QED) is 0.734. The Kier molecular flexibility index (Phi) is 5.48. The van der Waals surface area contributed by atoms with Crippen molar-refractivity contribution in [3.63, 3.8) is 0 Å². The maximum atomic E-state index is 12.4. The summed E-state index contributed by atoms with van der Waals surface area (Å²) in [6.07, 6.45) is 2.77. The van der Waals surface area contributed by atoms with E-state index in [-0.39, 0.29) is 24.0 Å². The summed E-state index contributed by atoms with van der Waals surface area (Å²) in [6, 6.07) is 7.25. The first kappa shape index (κ1) is 16.9. The van der Waals surface area contributed by atoms with E-state index < -0.39 is 6.04 Å². The minimum absolute atomic E-state index is 0.105. The molecule has 6 nitrogen and oxygen atoms in total. The Morgan fingerprint density at radius 1 is 1.33 bits per heavy atom. The first-order chi connectivity index (χ1) is 11.6. The molecule has 0 spiro atoms. The van der Waals surface area contributed by atoms with Crippen LogP contribution in [0, 0.1) is 0 Å². The van der Waals surface area contributed by atoms with E-state index in [4.69, 9.17) is 4.74 Å². The molecule has 2 heterocycles. The molecule has 1 aromatic carbocycles. The van der Waals surface area contributed by atoms with Crippen LogP contribution in [-0.2, 0) is 27.3 Å². The summed E-state index contributed by atoms with van der Waals surface area (Å²) in [5.74, 6) is -0.306. The number of amides is 2. The fourth-order valence-corrected chi connectivity index (χ4v) is 3.19. The molecule has 0 aromatic heterocycles. The molecule has 2 amide bonds. The van der Waals surface area contributed by atoms with Gasteiger partial charge in [-0.05, 0) is 37.3 Å². The highest BCUT2D eigenvalue weighted by Crippen LogP contribution is 2.16. The number of rotatable bonds is 5. The summed E-state index contributed by atoms with van der Waals surface area (Å²) in [5, 5.41) is 8.88. The van der Waals surface area contributed by atoms with E-state index in [0.717, 1.165) is 19.4 Å². The zero-order valence-electron chi connectivity index (χ0n) is 14.0. The lowest BCUT2D eigenvalue weighted by atomic mass is 9.95. The van der Waals surface area contributed by atoms with Crippen LogP contribution in [0.2, 0.25) is 0 Å². The third kappa shape index (κ3) is 4.13. The van der Waals surface area contributed by atoms with Gasteiger partial charge in [-0.25, -0.2) is 0 Å². The Morgan fingerprint density at radius 3 is 2.88 bits per heavy atom. The molecule has 0 aliphatic carbocycles. The number of hydrogen-bond acceptors (Lipinski definition) is 4. The normalized spacial score (nSPS) is 24.0. The summed E-state index contributed by atoms with van der Waals surface area (Å²) in [4.78, 5) is 24.5. The fourth-order valence-electron chi connectivity index (χ4n) is 3.19. The van der Waals surface area contributed by atoms with Crippen LogP contribution in [-0.4, -0.2) is 43.2 Å². The number of carbonyl (C=O) groups is 2. The van der Waals surface area contributed by atoms with Crippen molar-refractivity contribution in [3.05, 3.63) is 35.4 Å². The van der Waals surface area contributed by atoms with Gasteiger partial charge in [-0.1, -0.05) is 24.3 Å². The van der Waals surface area contributed by atoms with E-state index in [0.29, 0.717) is 19.5 Å². The third-order valence-electron chi connectivity index (χ3n) is 4.68. The van der Waals surface area contributed by atoms with E-state index in [1.165, 1.54) is 11.1 Å². The van der Waals surface area contributed by atoms with E-state index in [9.17, 15) is 9.59 Å². The van der Waals surface area contributed by atoms with Gasteiger partial charge in [0.1, 0.15) is 6.04 Å². The zero-order chi connectivity index (χ0) is 16.9. The smallest absolute Gasteiger partial charge is 0.242 e. The van der Waals surface area contributed by atoms with Crippen LogP contribution in [0.15, 0.2) is 24.3 Å². The molecule has 0 unspecified atom stereocenters. The van der Waals surface area contributed by atoms with Crippen molar-refractivity contribution in [2.24, 2.45) is 0 Å². The van der Waals surface area contributed by atoms with Gasteiger partial charge in [0.2, 0.25) is 11.8 Å². The number of benzene rings is 1. The molecule has 2 aliphatic heterocycles. The predicted octanol–water partition coefficient (Wildman–Crippen LogP) is 0.501. The average molecular weight is 331 g/mol. The first-order valence-electron chi connectivity index (χ1n) is 8.63. The number of nitrogens with one attached hydrogen (secondary N) is 3. The molecule has 6 heteroatoms.